The van der Waals surface area contributed by atoms with Gasteiger partial charge in [0.05, 0.1) is 5.69 Å². The van der Waals surface area contributed by atoms with Crippen LogP contribution in [0.25, 0.3) is 12.2 Å². The molecule has 2 N–H and O–H groups in total. The molecule has 3 rings (SSSR count). The fraction of sp³-hybridized carbons (Fsp3) is 0.231. The maximum atomic E-state index is 6.12. The summed E-state index contributed by atoms with van der Waals surface area (Å²) in [6.45, 7) is 0. The smallest absolute Gasteiger partial charge is 0.0662 e. The number of nitrogens with zero attached hydrogens (tertiary/aromatic N) is 1. The van der Waals surface area contributed by atoms with Crippen molar-refractivity contribution in [1.29, 1.82) is 0 Å². The molecule has 0 saturated carbocycles. The minimum absolute atomic E-state index is 0.985. The Kier molecular flexibility index (Phi) is 1.81. The van der Waals surface area contributed by atoms with E-state index in [0.29, 0.717) is 0 Å². The quantitative estimate of drug-likeness (QED) is 0.637. The molecule has 0 bridgehead atoms. The normalized spacial score (nSPS) is 17.3. The molecule has 1 heterocycles. The third kappa shape index (κ3) is 1.18. The van der Waals surface area contributed by atoms with Crippen LogP contribution >= 0.6 is 0 Å². The molecule has 0 aromatic carbocycles. The summed E-state index contributed by atoms with van der Waals surface area (Å²) in [4.78, 5) is 0. The standard InChI is InChI=1S/C13H14N2/c14-15-12-8-3-1-2-6-10(12)11-7-4-5-9-13(11)15/h1-4,7-8H,5-6,9,14H2. The highest BCUT2D eigenvalue weighted by molar-refractivity contribution is 5.68. The zero-order valence-corrected chi connectivity index (χ0v) is 8.61. The van der Waals surface area contributed by atoms with Crippen molar-refractivity contribution in [3.05, 3.63) is 46.8 Å². The van der Waals surface area contributed by atoms with Crippen molar-refractivity contribution in [2.45, 2.75) is 19.3 Å². The van der Waals surface area contributed by atoms with E-state index >= 15 is 0 Å². The Labute approximate surface area is 89.4 Å². The second-order valence-corrected chi connectivity index (χ2v) is 4.03. The summed E-state index contributed by atoms with van der Waals surface area (Å²) in [5.41, 5.74) is 5.16. The van der Waals surface area contributed by atoms with Crippen LogP contribution in [-0.2, 0) is 12.8 Å². The molecule has 2 nitrogen and oxygen atoms in total. The average molecular weight is 198 g/mol. The van der Waals surface area contributed by atoms with Gasteiger partial charge in [-0.25, -0.2) is 0 Å². The molecule has 0 aliphatic heterocycles. The van der Waals surface area contributed by atoms with Crippen molar-refractivity contribution in [3.8, 4) is 0 Å². The molecule has 0 saturated heterocycles. The van der Waals surface area contributed by atoms with E-state index < -0.39 is 0 Å². The van der Waals surface area contributed by atoms with Gasteiger partial charge in [-0.2, -0.15) is 0 Å². The van der Waals surface area contributed by atoms with Gasteiger partial charge in [0.15, 0.2) is 0 Å². The molecule has 0 atom stereocenters. The van der Waals surface area contributed by atoms with Crippen LogP contribution in [0.3, 0.4) is 0 Å². The van der Waals surface area contributed by atoms with E-state index in [-0.39, 0.29) is 0 Å². The Balaban J connectivity index is 2.28. The minimum Gasteiger partial charge on any atom is -0.339 e. The SMILES string of the molecule is Nn1c2c(c3c1CCC=C3)CC=CC=C2. The highest BCUT2D eigenvalue weighted by Crippen LogP contribution is 2.29. The highest BCUT2D eigenvalue weighted by Gasteiger charge is 2.19. The maximum absolute atomic E-state index is 6.12. The number of aromatic nitrogens is 1. The molecule has 1 aromatic heterocycles. The van der Waals surface area contributed by atoms with E-state index in [9.17, 15) is 0 Å². The largest absolute Gasteiger partial charge is 0.339 e. The van der Waals surface area contributed by atoms with Crippen molar-refractivity contribution in [2.24, 2.45) is 0 Å². The first-order valence-electron chi connectivity index (χ1n) is 5.39. The summed E-state index contributed by atoms with van der Waals surface area (Å²) in [7, 11) is 0. The van der Waals surface area contributed by atoms with Crippen LogP contribution in [-0.4, -0.2) is 4.68 Å². The van der Waals surface area contributed by atoms with Crippen LogP contribution in [0.4, 0.5) is 0 Å². The fourth-order valence-corrected chi connectivity index (χ4v) is 2.41. The van der Waals surface area contributed by atoms with Crippen LogP contribution < -0.4 is 5.84 Å². The average Bonchev–Trinajstić information content (AvgIpc) is 2.48. The number of hydrogen-bond acceptors (Lipinski definition) is 1. The second-order valence-electron chi connectivity index (χ2n) is 4.03. The van der Waals surface area contributed by atoms with Gasteiger partial charge < -0.3 is 5.84 Å². The molecule has 0 amide bonds. The number of hydrogen-bond donors (Lipinski definition) is 1. The molecule has 2 aliphatic rings. The van der Waals surface area contributed by atoms with Gasteiger partial charge in [-0.05, 0) is 30.9 Å². The number of rotatable bonds is 0. The maximum Gasteiger partial charge on any atom is 0.0662 e. The monoisotopic (exact) mass is 198 g/mol. The lowest BCUT2D eigenvalue weighted by Gasteiger charge is -2.08. The van der Waals surface area contributed by atoms with Gasteiger partial charge in [0.1, 0.15) is 0 Å². The van der Waals surface area contributed by atoms with Crippen LogP contribution in [0.1, 0.15) is 28.9 Å². The number of nitrogen functional groups attached to an aromatic ring is 1. The van der Waals surface area contributed by atoms with E-state index in [1.807, 2.05) is 4.68 Å². The summed E-state index contributed by atoms with van der Waals surface area (Å²) in [6.07, 6.45) is 16.0. The Hall–Kier alpha value is -1.70. The number of nitrogens with two attached hydrogens (primary N) is 1. The summed E-state index contributed by atoms with van der Waals surface area (Å²) in [5, 5.41) is 0. The van der Waals surface area contributed by atoms with Crippen molar-refractivity contribution in [3.63, 3.8) is 0 Å². The van der Waals surface area contributed by atoms with Crippen molar-refractivity contribution in [1.82, 2.24) is 4.68 Å². The predicted molar refractivity (Wildman–Crippen MR) is 63.8 cm³/mol. The second kappa shape index (κ2) is 3.16. The zero-order valence-electron chi connectivity index (χ0n) is 8.61. The van der Waals surface area contributed by atoms with Gasteiger partial charge in [-0.3, -0.25) is 4.68 Å². The van der Waals surface area contributed by atoms with Gasteiger partial charge in [0, 0.05) is 11.3 Å². The molecule has 0 radical (unpaired) electrons. The van der Waals surface area contributed by atoms with E-state index in [2.05, 4.69) is 36.5 Å². The molecular formula is C13H14N2. The molecule has 2 heteroatoms. The highest BCUT2D eigenvalue weighted by atomic mass is 15.3. The molecule has 0 fully saturated rings. The van der Waals surface area contributed by atoms with E-state index in [1.54, 1.807) is 0 Å². The van der Waals surface area contributed by atoms with E-state index in [1.165, 1.54) is 16.8 Å². The van der Waals surface area contributed by atoms with Crippen LogP contribution in [0.5, 0.6) is 0 Å². The van der Waals surface area contributed by atoms with Crippen molar-refractivity contribution >= 4 is 12.2 Å². The first-order valence-corrected chi connectivity index (χ1v) is 5.39. The lowest BCUT2D eigenvalue weighted by molar-refractivity contribution is 0.842. The van der Waals surface area contributed by atoms with Gasteiger partial charge in [-0.15, -0.1) is 0 Å². The third-order valence-corrected chi connectivity index (χ3v) is 3.15. The molecule has 15 heavy (non-hydrogen) atoms. The molecule has 2 aliphatic carbocycles. The predicted octanol–water partition coefficient (Wildman–Crippen LogP) is 2.29. The van der Waals surface area contributed by atoms with Gasteiger partial charge in [0.2, 0.25) is 0 Å². The zero-order chi connectivity index (χ0) is 10.3. The molecule has 1 aromatic rings. The Morgan fingerprint density at radius 2 is 2.07 bits per heavy atom. The number of fused-ring (bicyclic) bond motifs is 3. The molecule has 0 spiro atoms. The first-order chi connectivity index (χ1) is 7.38. The topological polar surface area (TPSA) is 30.9 Å². The van der Waals surface area contributed by atoms with Crippen LogP contribution in [0, 0.1) is 0 Å². The van der Waals surface area contributed by atoms with Gasteiger partial charge in [-0.1, -0.05) is 30.4 Å². The van der Waals surface area contributed by atoms with Crippen molar-refractivity contribution < 1.29 is 0 Å². The molecule has 76 valence electrons. The van der Waals surface area contributed by atoms with Crippen molar-refractivity contribution in [2.75, 3.05) is 5.84 Å². The van der Waals surface area contributed by atoms with Gasteiger partial charge >= 0.3 is 0 Å². The molecular weight excluding hydrogens is 184 g/mol. The number of allylic oxidation sites excluding steroid dienone is 4. The van der Waals surface area contributed by atoms with E-state index in [0.717, 1.165) is 25.0 Å². The lowest BCUT2D eigenvalue weighted by Crippen LogP contribution is -2.14. The third-order valence-electron chi connectivity index (χ3n) is 3.15. The summed E-state index contributed by atoms with van der Waals surface area (Å²) in [6, 6.07) is 0. The van der Waals surface area contributed by atoms with Gasteiger partial charge in [0.25, 0.3) is 0 Å². The minimum atomic E-state index is 0.985. The lowest BCUT2D eigenvalue weighted by atomic mass is 9.99. The summed E-state index contributed by atoms with van der Waals surface area (Å²) in [5.74, 6) is 6.12. The Morgan fingerprint density at radius 3 is 3.00 bits per heavy atom. The summed E-state index contributed by atoms with van der Waals surface area (Å²) < 4.78 is 1.86. The fourth-order valence-electron chi connectivity index (χ4n) is 2.41. The molecule has 0 unspecified atom stereocenters. The van der Waals surface area contributed by atoms with E-state index in [4.69, 9.17) is 5.84 Å². The Bertz CT molecular complexity index is 487. The van der Waals surface area contributed by atoms with Crippen LogP contribution in [0.15, 0.2) is 24.3 Å². The Morgan fingerprint density at radius 1 is 1.13 bits per heavy atom. The first kappa shape index (κ1) is 8.60. The van der Waals surface area contributed by atoms with Crippen LogP contribution in [0.2, 0.25) is 0 Å². The summed E-state index contributed by atoms with van der Waals surface area (Å²) >= 11 is 0.